The van der Waals surface area contributed by atoms with Gasteiger partial charge in [0.2, 0.25) is 0 Å². The van der Waals surface area contributed by atoms with Gasteiger partial charge in [-0.3, -0.25) is 19.8 Å². The molecule has 1 fully saturated rings. The third-order valence-corrected chi connectivity index (χ3v) is 11.3. The number of carbonyl (C=O) groups excluding carboxylic acids is 1. The molecule has 5 aromatic rings. The van der Waals surface area contributed by atoms with E-state index in [0.717, 1.165) is 74.7 Å². The molecule has 2 aliphatic rings. The van der Waals surface area contributed by atoms with Gasteiger partial charge in [-0.2, -0.15) is 0 Å². The lowest BCUT2D eigenvalue weighted by Gasteiger charge is -2.46. The Morgan fingerprint density at radius 1 is 0.865 bits per heavy atom. The summed E-state index contributed by atoms with van der Waals surface area (Å²) in [4.78, 5) is 29.1. The van der Waals surface area contributed by atoms with E-state index in [0.29, 0.717) is 12.6 Å². The first-order valence-corrected chi connectivity index (χ1v) is 19.1. The van der Waals surface area contributed by atoms with Crippen LogP contribution in [0.4, 0.5) is 17.1 Å². The molecule has 5 aromatic carbocycles. The summed E-state index contributed by atoms with van der Waals surface area (Å²) >= 11 is 0. The van der Waals surface area contributed by atoms with Crippen LogP contribution in [0.2, 0.25) is 0 Å². The SMILES string of the molecule is O=C(NS(=O)(=O)c1ccc(NCCCc2ccccc2)c([N+](=O)[O-])c1)c1ccc2c(c1)CC[C@H]1CN(Cc3ccccc3-c3ccccc3)CCN21. The standard InChI is InChI=1S/C41H41N5O5S/c47-41(43-52(50,51)36-20-21-38(40(27-36)46(48)49)42-23-9-12-30-10-3-1-4-11-30)33-18-22-39-32(26-33)17-19-35-29-44(24-25-45(35)39)28-34-15-7-8-16-37(34)31-13-5-2-6-14-31/h1-8,10-11,13-16,18,20-22,26-27,35,42H,9,12,17,19,23-25,28-29H2,(H,43,47)/t35-/m0/s1. The smallest absolute Gasteiger partial charge is 0.293 e. The second kappa shape index (κ2) is 15.4. The number of amides is 1. The number of aryl methyl sites for hydroxylation is 2. The Bertz CT molecular complexity index is 2180. The number of nitrogens with zero attached hydrogens (tertiary/aromatic N) is 3. The first-order chi connectivity index (χ1) is 25.2. The van der Waals surface area contributed by atoms with Gasteiger partial charge in [0.15, 0.2) is 0 Å². The van der Waals surface area contributed by atoms with Crippen LogP contribution < -0.4 is 14.9 Å². The van der Waals surface area contributed by atoms with Gasteiger partial charge in [-0.25, -0.2) is 13.1 Å². The lowest BCUT2D eigenvalue weighted by atomic mass is 9.92. The van der Waals surface area contributed by atoms with E-state index in [-0.39, 0.29) is 21.8 Å². The second-order valence-corrected chi connectivity index (χ2v) is 15.1. The Labute approximate surface area is 304 Å². The van der Waals surface area contributed by atoms with Crippen LogP contribution >= 0.6 is 0 Å². The summed E-state index contributed by atoms with van der Waals surface area (Å²) in [6, 6.07) is 38.2. The third kappa shape index (κ3) is 7.85. The zero-order valence-corrected chi connectivity index (χ0v) is 29.6. The number of hydrogen-bond acceptors (Lipinski definition) is 8. The fourth-order valence-electron chi connectivity index (χ4n) is 7.33. The Balaban J connectivity index is 0.979. The molecule has 1 amide bonds. The largest absolute Gasteiger partial charge is 0.379 e. The van der Waals surface area contributed by atoms with E-state index in [1.54, 1.807) is 12.1 Å². The monoisotopic (exact) mass is 715 g/mol. The van der Waals surface area contributed by atoms with Gasteiger partial charge in [0.25, 0.3) is 21.6 Å². The fraction of sp³-hybridized carbons (Fsp3) is 0.244. The van der Waals surface area contributed by atoms with E-state index in [9.17, 15) is 23.3 Å². The predicted octanol–water partition coefficient (Wildman–Crippen LogP) is 7.06. The number of fused-ring (bicyclic) bond motifs is 3. The molecule has 0 bridgehead atoms. The summed E-state index contributed by atoms with van der Waals surface area (Å²) in [6.07, 6.45) is 3.22. The zero-order valence-electron chi connectivity index (χ0n) is 28.8. The maximum Gasteiger partial charge on any atom is 0.293 e. The van der Waals surface area contributed by atoms with Gasteiger partial charge in [-0.05, 0) is 83.8 Å². The van der Waals surface area contributed by atoms with E-state index in [1.165, 1.54) is 28.8 Å². The highest BCUT2D eigenvalue weighted by Crippen LogP contribution is 2.35. The zero-order chi connectivity index (χ0) is 36.1. The van der Waals surface area contributed by atoms with Crippen molar-refractivity contribution in [3.05, 3.63) is 154 Å². The summed E-state index contributed by atoms with van der Waals surface area (Å²) in [5.74, 6) is -0.780. The average Bonchev–Trinajstić information content (AvgIpc) is 3.17. The first kappa shape index (κ1) is 34.9. The van der Waals surface area contributed by atoms with E-state index in [4.69, 9.17) is 0 Å². The molecular formula is C41H41N5O5S. The molecule has 2 N–H and O–H groups in total. The summed E-state index contributed by atoms with van der Waals surface area (Å²) in [7, 11) is -4.38. The minimum Gasteiger partial charge on any atom is -0.379 e. The fourth-order valence-corrected chi connectivity index (χ4v) is 8.33. The van der Waals surface area contributed by atoms with Crippen molar-refractivity contribution in [3.8, 4) is 11.1 Å². The van der Waals surface area contributed by atoms with Crippen molar-refractivity contribution >= 4 is 33.0 Å². The molecule has 10 nitrogen and oxygen atoms in total. The van der Waals surface area contributed by atoms with Crippen molar-refractivity contribution in [1.82, 2.24) is 9.62 Å². The minimum absolute atomic E-state index is 0.217. The number of nitrogens with one attached hydrogen (secondary N) is 2. The van der Waals surface area contributed by atoms with E-state index in [1.807, 2.05) is 42.5 Å². The number of piperazine rings is 1. The highest BCUT2D eigenvalue weighted by Gasteiger charge is 2.32. The van der Waals surface area contributed by atoms with E-state index >= 15 is 0 Å². The summed E-state index contributed by atoms with van der Waals surface area (Å²) in [5, 5.41) is 14.9. The molecule has 2 aliphatic heterocycles. The van der Waals surface area contributed by atoms with Crippen molar-refractivity contribution in [2.45, 2.75) is 43.2 Å². The van der Waals surface area contributed by atoms with Gasteiger partial charge >= 0.3 is 0 Å². The van der Waals surface area contributed by atoms with Crippen LogP contribution in [0.1, 0.15) is 39.9 Å². The van der Waals surface area contributed by atoms with Crippen molar-refractivity contribution in [2.24, 2.45) is 0 Å². The first-order valence-electron chi connectivity index (χ1n) is 17.6. The van der Waals surface area contributed by atoms with Gasteiger partial charge in [-0.15, -0.1) is 0 Å². The van der Waals surface area contributed by atoms with Crippen molar-refractivity contribution in [2.75, 3.05) is 36.4 Å². The van der Waals surface area contributed by atoms with E-state index in [2.05, 4.69) is 68.4 Å². The van der Waals surface area contributed by atoms with E-state index < -0.39 is 20.9 Å². The Kier molecular flexibility index (Phi) is 10.3. The Hall–Kier alpha value is -5.52. The highest BCUT2D eigenvalue weighted by atomic mass is 32.2. The number of sulfonamides is 1. The maximum atomic E-state index is 13.3. The van der Waals surface area contributed by atoms with Crippen molar-refractivity contribution in [1.29, 1.82) is 0 Å². The third-order valence-electron chi connectivity index (χ3n) is 9.96. The molecule has 1 saturated heterocycles. The summed E-state index contributed by atoms with van der Waals surface area (Å²) in [5.41, 5.74) is 7.08. The van der Waals surface area contributed by atoms with Gasteiger partial charge in [0.1, 0.15) is 5.69 Å². The number of benzene rings is 5. The molecule has 266 valence electrons. The van der Waals surface area contributed by atoms with Gasteiger partial charge in [-0.1, -0.05) is 84.9 Å². The number of rotatable bonds is 12. The molecule has 0 radical (unpaired) electrons. The second-order valence-electron chi connectivity index (χ2n) is 13.4. The Morgan fingerprint density at radius 3 is 2.40 bits per heavy atom. The van der Waals surface area contributed by atoms with Crippen LogP contribution in [0.25, 0.3) is 11.1 Å². The maximum absolute atomic E-state index is 13.3. The minimum atomic E-state index is -4.38. The molecule has 2 heterocycles. The number of carbonyl (C=O) groups is 1. The van der Waals surface area contributed by atoms with Gasteiger partial charge in [0, 0.05) is 56.1 Å². The molecule has 0 unspecified atom stereocenters. The summed E-state index contributed by atoms with van der Waals surface area (Å²) in [6.45, 7) is 4.01. The topological polar surface area (TPSA) is 125 Å². The van der Waals surface area contributed by atoms with Gasteiger partial charge < -0.3 is 10.2 Å². The molecule has 0 saturated carbocycles. The number of hydrogen-bond donors (Lipinski definition) is 2. The molecule has 0 aromatic heterocycles. The molecule has 0 aliphatic carbocycles. The lowest BCUT2D eigenvalue weighted by molar-refractivity contribution is -0.384. The molecule has 7 rings (SSSR count). The molecule has 52 heavy (non-hydrogen) atoms. The number of nitro groups is 1. The molecule has 0 spiro atoms. The van der Waals surface area contributed by atoms with Crippen LogP contribution in [0, 0.1) is 10.1 Å². The van der Waals surface area contributed by atoms with Crippen molar-refractivity contribution in [3.63, 3.8) is 0 Å². The molecule has 11 heteroatoms. The normalized spacial score (nSPS) is 15.7. The summed E-state index contributed by atoms with van der Waals surface area (Å²) < 4.78 is 28.7. The van der Waals surface area contributed by atoms with Crippen LogP contribution in [0.15, 0.2) is 126 Å². The molecular weight excluding hydrogens is 675 g/mol. The highest BCUT2D eigenvalue weighted by molar-refractivity contribution is 7.90. The van der Waals surface area contributed by atoms with Crippen molar-refractivity contribution < 1.29 is 18.1 Å². The Morgan fingerprint density at radius 2 is 1.62 bits per heavy atom. The number of nitro benzene ring substituents is 1. The quantitative estimate of drug-likeness (QED) is 0.0800. The average molecular weight is 716 g/mol. The van der Waals surface area contributed by atoms with Crippen LogP contribution in [-0.2, 0) is 29.4 Å². The predicted molar refractivity (Wildman–Crippen MR) is 204 cm³/mol. The lowest BCUT2D eigenvalue weighted by Crippen LogP contribution is -2.54. The number of anilines is 2. The van der Waals surface area contributed by atoms with Gasteiger partial charge in [0.05, 0.1) is 9.82 Å². The van der Waals surface area contributed by atoms with Crippen LogP contribution in [0.3, 0.4) is 0 Å². The van der Waals surface area contributed by atoms with Crippen LogP contribution in [0.5, 0.6) is 0 Å². The molecule has 1 atom stereocenters. The van der Waals surface area contributed by atoms with Crippen LogP contribution in [-0.4, -0.2) is 56.4 Å².